The number of carboxylic acids is 1. The van der Waals surface area contributed by atoms with Crippen LogP contribution in [0.1, 0.15) is 43.5 Å². The number of aromatic hydroxyl groups is 1. The van der Waals surface area contributed by atoms with Gasteiger partial charge in [-0.2, -0.15) is 0 Å². The average molecular weight is 358 g/mol. The second kappa shape index (κ2) is 8.02. The predicted octanol–water partition coefficient (Wildman–Crippen LogP) is 3.16. The molecule has 1 aromatic rings. The summed E-state index contributed by atoms with van der Waals surface area (Å²) in [6, 6.07) is 4.59. The van der Waals surface area contributed by atoms with E-state index in [2.05, 4.69) is 21.2 Å². The molecule has 1 aromatic carbocycles. The molecule has 0 heterocycles. The van der Waals surface area contributed by atoms with Crippen LogP contribution >= 0.6 is 15.9 Å². The number of aliphatic carboxylic acids is 1. The zero-order valence-corrected chi connectivity index (χ0v) is 13.7. The van der Waals surface area contributed by atoms with E-state index in [9.17, 15) is 14.7 Å². The van der Waals surface area contributed by atoms with E-state index in [1.54, 1.807) is 19.1 Å². The van der Waals surface area contributed by atoms with Crippen molar-refractivity contribution in [2.75, 3.05) is 0 Å². The minimum absolute atomic E-state index is 0.0191. The standard InChI is InChI=1S/C15H20BrNO4/c1-9(15(20)21)4-3-5-10(2)17-14(19)11-6-7-12(16)13(18)8-11/h6-10,18H,3-5H2,1-2H3,(H,17,19)(H,20,21). The highest BCUT2D eigenvalue weighted by molar-refractivity contribution is 9.10. The van der Waals surface area contributed by atoms with Crippen LogP contribution in [0, 0.1) is 5.92 Å². The number of benzene rings is 1. The molecule has 2 unspecified atom stereocenters. The van der Waals surface area contributed by atoms with Gasteiger partial charge in [-0.15, -0.1) is 0 Å². The first-order valence-corrected chi connectivity index (χ1v) is 7.62. The zero-order chi connectivity index (χ0) is 16.0. The van der Waals surface area contributed by atoms with E-state index in [1.807, 2.05) is 6.92 Å². The molecule has 21 heavy (non-hydrogen) atoms. The minimum Gasteiger partial charge on any atom is -0.507 e. The SMILES string of the molecule is CC(CCCC(C)C(=O)O)NC(=O)c1ccc(Br)c(O)c1. The second-order valence-electron chi connectivity index (χ2n) is 5.21. The number of phenolic OH excluding ortho intramolecular Hbond substituents is 1. The van der Waals surface area contributed by atoms with E-state index in [1.165, 1.54) is 6.07 Å². The molecule has 2 atom stereocenters. The van der Waals surface area contributed by atoms with Gasteiger partial charge in [0.15, 0.2) is 0 Å². The Labute approximate surface area is 132 Å². The lowest BCUT2D eigenvalue weighted by Gasteiger charge is -2.15. The Morgan fingerprint density at radius 2 is 1.95 bits per heavy atom. The van der Waals surface area contributed by atoms with Crippen molar-refractivity contribution in [2.45, 2.75) is 39.2 Å². The Kier molecular flexibility index (Phi) is 6.68. The zero-order valence-electron chi connectivity index (χ0n) is 12.1. The number of halogens is 1. The lowest BCUT2D eigenvalue weighted by atomic mass is 10.0. The maximum absolute atomic E-state index is 12.0. The molecule has 0 bridgehead atoms. The number of hydrogen-bond acceptors (Lipinski definition) is 3. The van der Waals surface area contributed by atoms with Crippen LogP contribution < -0.4 is 5.32 Å². The summed E-state index contributed by atoms with van der Waals surface area (Å²) in [5.74, 6) is -1.39. The maximum Gasteiger partial charge on any atom is 0.306 e. The Balaban J connectivity index is 2.43. The molecule has 5 nitrogen and oxygen atoms in total. The van der Waals surface area contributed by atoms with Gasteiger partial charge in [0.2, 0.25) is 0 Å². The van der Waals surface area contributed by atoms with Gasteiger partial charge in [0.25, 0.3) is 5.91 Å². The van der Waals surface area contributed by atoms with Crippen molar-refractivity contribution in [3.8, 4) is 5.75 Å². The van der Waals surface area contributed by atoms with E-state index >= 15 is 0 Å². The molecule has 0 saturated heterocycles. The van der Waals surface area contributed by atoms with Gasteiger partial charge in [0.05, 0.1) is 10.4 Å². The van der Waals surface area contributed by atoms with Gasteiger partial charge in [0.1, 0.15) is 5.75 Å². The van der Waals surface area contributed by atoms with E-state index in [-0.39, 0.29) is 23.6 Å². The molecule has 116 valence electrons. The monoisotopic (exact) mass is 357 g/mol. The number of carbonyl (C=O) groups excluding carboxylic acids is 1. The Bertz CT molecular complexity index is 518. The molecule has 0 fully saturated rings. The molecule has 0 aromatic heterocycles. The summed E-state index contributed by atoms with van der Waals surface area (Å²) in [6.45, 7) is 3.55. The quantitative estimate of drug-likeness (QED) is 0.699. The van der Waals surface area contributed by atoms with E-state index in [0.717, 1.165) is 6.42 Å². The molecule has 1 rings (SSSR count). The summed E-state index contributed by atoms with van der Waals surface area (Å²) in [7, 11) is 0. The fourth-order valence-corrected chi connectivity index (χ4v) is 2.13. The first kappa shape index (κ1) is 17.5. The Morgan fingerprint density at radius 1 is 1.29 bits per heavy atom. The number of rotatable bonds is 7. The highest BCUT2D eigenvalue weighted by atomic mass is 79.9. The molecule has 0 aliphatic rings. The molecule has 0 aliphatic carbocycles. The lowest BCUT2D eigenvalue weighted by Crippen LogP contribution is -2.32. The van der Waals surface area contributed by atoms with Crippen LogP contribution in [0.25, 0.3) is 0 Å². The number of amides is 1. The van der Waals surface area contributed by atoms with Crippen molar-refractivity contribution < 1.29 is 19.8 Å². The van der Waals surface area contributed by atoms with Gasteiger partial charge in [-0.1, -0.05) is 13.3 Å². The number of hydrogen-bond donors (Lipinski definition) is 3. The van der Waals surface area contributed by atoms with Crippen LogP contribution in [0.15, 0.2) is 22.7 Å². The summed E-state index contributed by atoms with van der Waals surface area (Å²) in [5, 5.41) is 21.2. The molecule has 1 amide bonds. The molecule has 6 heteroatoms. The van der Waals surface area contributed by atoms with Crippen molar-refractivity contribution in [1.82, 2.24) is 5.32 Å². The molecule has 3 N–H and O–H groups in total. The Morgan fingerprint density at radius 3 is 2.52 bits per heavy atom. The van der Waals surface area contributed by atoms with Gasteiger partial charge in [-0.25, -0.2) is 0 Å². The van der Waals surface area contributed by atoms with Gasteiger partial charge >= 0.3 is 5.97 Å². The van der Waals surface area contributed by atoms with Gasteiger partial charge in [-0.05, 0) is 53.9 Å². The number of nitrogens with one attached hydrogen (secondary N) is 1. The fourth-order valence-electron chi connectivity index (χ4n) is 1.89. The average Bonchev–Trinajstić information content (AvgIpc) is 2.41. The van der Waals surface area contributed by atoms with E-state index < -0.39 is 5.97 Å². The normalized spacial score (nSPS) is 13.5. The topological polar surface area (TPSA) is 86.6 Å². The first-order chi connectivity index (χ1) is 9.81. The summed E-state index contributed by atoms with van der Waals surface area (Å²) in [5.41, 5.74) is 0.390. The van der Waals surface area contributed by atoms with Gasteiger partial charge < -0.3 is 15.5 Å². The van der Waals surface area contributed by atoms with Crippen LogP contribution in [0.5, 0.6) is 5.75 Å². The van der Waals surface area contributed by atoms with Crippen molar-refractivity contribution in [3.63, 3.8) is 0 Å². The van der Waals surface area contributed by atoms with E-state index in [0.29, 0.717) is 22.9 Å². The summed E-state index contributed by atoms with van der Waals surface area (Å²) >= 11 is 3.16. The van der Waals surface area contributed by atoms with Crippen molar-refractivity contribution in [3.05, 3.63) is 28.2 Å². The molecular formula is C15H20BrNO4. The minimum atomic E-state index is -0.794. The third kappa shape index (κ3) is 5.75. The predicted molar refractivity (Wildman–Crippen MR) is 83.4 cm³/mol. The Hall–Kier alpha value is -1.56. The summed E-state index contributed by atoms with van der Waals surface area (Å²) < 4.78 is 0.537. The van der Waals surface area contributed by atoms with Crippen LogP contribution in [0.2, 0.25) is 0 Å². The molecule has 0 saturated carbocycles. The van der Waals surface area contributed by atoms with Gasteiger partial charge in [0, 0.05) is 11.6 Å². The molecule has 0 aliphatic heterocycles. The highest BCUT2D eigenvalue weighted by Crippen LogP contribution is 2.24. The largest absolute Gasteiger partial charge is 0.507 e. The van der Waals surface area contributed by atoms with Gasteiger partial charge in [-0.3, -0.25) is 9.59 Å². The highest BCUT2D eigenvalue weighted by Gasteiger charge is 2.14. The number of carboxylic acid groups (broad SMARTS) is 1. The van der Waals surface area contributed by atoms with E-state index in [4.69, 9.17) is 5.11 Å². The van der Waals surface area contributed by atoms with Crippen molar-refractivity contribution >= 4 is 27.8 Å². The molecular weight excluding hydrogens is 338 g/mol. The van der Waals surface area contributed by atoms with Crippen molar-refractivity contribution in [1.29, 1.82) is 0 Å². The smallest absolute Gasteiger partial charge is 0.306 e. The van der Waals surface area contributed by atoms with Crippen molar-refractivity contribution in [2.24, 2.45) is 5.92 Å². The molecule has 0 radical (unpaired) electrons. The molecule has 0 spiro atoms. The fraction of sp³-hybridized carbons (Fsp3) is 0.467. The van der Waals surface area contributed by atoms with Crippen LogP contribution in [-0.2, 0) is 4.79 Å². The second-order valence-corrected chi connectivity index (χ2v) is 6.07. The summed E-state index contributed by atoms with van der Waals surface area (Å²) in [6.07, 6.45) is 2.04. The number of carbonyl (C=O) groups is 2. The maximum atomic E-state index is 12.0. The number of phenols is 1. The van der Waals surface area contributed by atoms with Crippen LogP contribution in [-0.4, -0.2) is 28.1 Å². The van der Waals surface area contributed by atoms with Crippen LogP contribution in [0.3, 0.4) is 0 Å². The van der Waals surface area contributed by atoms with Crippen LogP contribution in [0.4, 0.5) is 0 Å². The first-order valence-electron chi connectivity index (χ1n) is 6.83. The lowest BCUT2D eigenvalue weighted by molar-refractivity contribution is -0.141. The third-order valence-electron chi connectivity index (χ3n) is 3.28. The summed E-state index contributed by atoms with van der Waals surface area (Å²) in [4.78, 5) is 22.7. The third-order valence-corrected chi connectivity index (χ3v) is 3.95.